The molecule has 2 aliphatic rings. The van der Waals surface area contributed by atoms with Gasteiger partial charge in [-0.2, -0.15) is 5.10 Å². The van der Waals surface area contributed by atoms with Gasteiger partial charge in [0, 0.05) is 18.7 Å². The van der Waals surface area contributed by atoms with Gasteiger partial charge >= 0.3 is 0 Å². The summed E-state index contributed by atoms with van der Waals surface area (Å²) in [7, 11) is 0. The Labute approximate surface area is 228 Å². The first-order chi connectivity index (χ1) is 19.2. The maximum atomic E-state index is 6.23. The molecule has 2 aromatic carbocycles. The van der Waals surface area contributed by atoms with Crippen molar-refractivity contribution in [3.05, 3.63) is 99.9 Å². The molecule has 4 N–H and O–H groups in total. The van der Waals surface area contributed by atoms with Crippen LogP contribution in [0.5, 0.6) is 0 Å². The molecule has 0 saturated carbocycles. The minimum Gasteiger partial charge on any atom is -0.384 e. The standard InChI is InChI=1S/C31H34N8/c32-29-15-28(30-31(35-29)37-38-36-30)27(7-3-5-22-11-10-21-4-1-2-6-26(21)22)25-17-34-39(19-25)18-20-8-9-24-16-33-13-12-23(24)14-20/h1-2,4,6,8-9,14-15,17,19,22,27,33H,3,5,7,10-13,16,18H2,(H3,32,35,36,37,38). The maximum absolute atomic E-state index is 6.23. The van der Waals surface area contributed by atoms with E-state index in [9.17, 15) is 0 Å². The van der Waals surface area contributed by atoms with Crippen LogP contribution in [-0.2, 0) is 25.9 Å². The zero-order valence-electron chi connectivity index (χ0n) is 22.1. The highest BCUT2D eigenvalue weighted by molar-refractivity contribution is 5.77. The molecule has 39 heavy (non-hydrogen) atoms. The van der Waals surface area contributed by atoms with E-state index in [-0.39, 0.29) is 5.92 Å². The van der Waals surface area contributed by atoms with Crippen LogP contribution in [0.15, 0.2) is 60.9 Å². The molecule has 5 aromatic rings. The molecule has 0 bridgehead atoms. The average molecular weight is 519 g/mol. The third-order valence-electron chi connectivity index (χ3n) is 8.58. The molecule has 2 atom stereocenters. The van der Waals surface area contributed by atoms with Crippen molar-refractivity contribution in [2.45, 2.75) is 63.5 Å². The van der Waals surface area contributed by atoms with Gasteiger partial charge in [-0.05, 0) is 89.6 Å². The summed E-state index contributed by atoms with van der Waals surface area (Å²) in [6.07, 6.45) is 11.0. The van der Waals surface area contributed by atoms with Crippen molar-refractivity contribution in [1.82, 2.24) is 35.5 Å². The van der Waals surface area contributed by atoms with Crippen LogP contribution in [0, 0.1) is 0 Å². The van der Waals surface area contributed by atoms with Gasteiger partial charge in [0.2, 0.25) is 0 Å². The van der Waals surface area contributed by atoms with Gasteiger partial charge in [-0.3, -0.25) is 4.68 Å². The molecule has 8 heteroatoms. The lowest BCUT2D eigenvalue weighted by atomic mass is 9.86. The molecule has 0 spiro atoms. The van der Waals surface area contributed by atoms with Crippen LogP contribution in [0.3, 0.4) is 0 Å². The first-order valence-corrected chi connectivity index (χ1v) is 14.1. The zero-order chi connectivity index (χ0) is 26.2. The quantitative estimate of drug-likeness (QED) is 0.271. The van der Waals surface area contributed by atoms with Gasteiger partial charge < -0.3 is 11.1 Å². The van der Waals surface area contributed by atoms with E-state index in [1.54, 1.807) is 0 Å². The summed E-state index contributed by atoms with van der Waals surface area (Å²) in [5.74, 6) is 1.23. The minimum absolute atomic E-state index is 0.114. The van der Waals surface area contributed by atoms with Crippen molar-refractivity contribution < 1.29 is 0 Å². The van der Waals surface area contributed by atoms with Crippen molar-refractivity contribution in [3.63, 3.8) is 0 Å². The van der Waals surface area contributed by atoms with Gasteiger partial charge in [-0.15, -0.1) is 5.10 Å². The number of nitrogen functional groups attached to an aromatic ring is 1. The lowest BCUT2D eigenvalue weighted by molar-refractivity contribution is 0.547. The SMILES string of the molecule is Nc1cc(C(CCCC2CCc3ccccc32)c2cnn(Cc3ccc4c(c3)CCNC4)c2)c2nn[nH]c2n1. The van der Waals surface area contributed by atoms with Gasteiger partial charge in [0.05, 0.1) is 12.7 Å². The molecular weight excluding hydrogens is 484 g/mol. The largest absolute Gasteiger partial charge is 0.384 e. The van der Waals surface area contributed by atoms with Gasteiger partial charge in [-0.1, -0.05) is 54.1 Å². The Bertz CT molecular complexity index is 1620. The van der Waals surface area contributed by atoms with Crippen molar-refractivity contribution in [1.29, 1.82) is 0 Å². The van der Waals surface area contributed by atoms with Crippen LogP contribution >= 0.6 is 0 Å². The highest BCUT2D eigenvalue weighted by atomic mass is 15.3. The number of fused-ring (bicyclic) bond motifs is 3. The summed E-state index contributed by atoms with van der Waals surface area (Å²) in [5, 5.41) is 19.6. The van der Waals surface area contributed by atoms with E-state index < -0.39 is 0 Å². The van der Waals surface area contributed by atoms with E-state index in [2.05, 4.69) is 79.1 Å². The first-order valence-electron chi connectivity index (χ1n) is 14.1. The smallest absolute Gasteiger partial charge is 0.178 e. The van der Waals surface area contributed by atoms with Gasteiger partial charge in [0.1, 0.15) is 11.3 Å². The van der Waals surface area contributed by atoms with Crippen molar-refractivity contribution in [2.24, 2.45) is 0 Å². The van der Waals surface area contributed by atoms with Crippen LogP contribution < -0.4 is 11.1 Å². The van der Waals surface area contributed by atoms with E-state index >= 15 is 0 Å². The number of rotatable bonds is 8. The fraction of sp³-hybridized carbons (Fsp3) is 0.355. The Kier molecular flexibility index (Phi) is 6.32. The van der Waals surface area contributed by atoms with Crippen molar-refractivity contribution in [2.75, 3.05) is 12.3 Å². The predicted molar refractivity (Wildman–Crippen MR) is 152 cm³/mol. The normalized spacial score (nSPS) is 17.3. The maximum Gasteiger partial charge on any atom is 0.178 e. The Morgan fingerprint density at radius 1 is 1.05 bits per heavy atom. The van der Waals surface area contributed by atoms with Gasteiger partial charge in [0.25, 0.3) is 0 Å². The molecule has 3 aromatic heterocycles. The first kappa shape index (κ1) is 24.0. The molecule has 1 aliphatic carbocycles. The van der Waals surface area contributed by atoms with Crippen LogP contribution in [0.4, 0.5) is 5.82 Å². The monoisotopic (exact) mass is 518 g/mol. The topological polar surface area (TPSA) is 110 Å². The zero-order valence-corrected chi connectivity index (χ0v) is 22.1. The Balaban J connectivity index is 1.15. The van der Waals surface area contributed by atoms with Crippen LogP contribution in [-0.4, -0.2) is 36.7 Å². The lowest BCUT2D eigenvalue weighted by Crippen LogP contribution is -2.23. The number of pyridine rings is 1. The number of hydrogen-bond acceptors (Lipinski definition) is 6. The molecule has 0 radical (unpaired) electrons. The Morgan fingerprint density at radius 3 is 2.97 bits per heavy atom. The summed E-state index contributed by atoms with van der Waals surface area (Å²) in [4.78, 5) is 4.41. The summed E-state index contributed by atoms with van der Waals surface area (Å²) in [6.45, 7) is 2.76. The number of benzene rings is 2. The molecule has 0 amide bonds. The van der Waals surface area contributed by atoms with Gasteiger partial charge in [0.15, 0.2) is 5.65 Å². The second-order valence-electron chi connectivity index (χ2n) is 11.1. The third kappa shape index (κ3) is 4.81. The Morgan fingerprint density at radius 2 is 2.00 bits per heavy atom. The number of hydrogen-bond donors (Lipinski definition) is 3. The van der Waals surface area contributed by atoms with E-state index in [0.717, 1.165) is 50.0 Å². The summed E-state index contributed by atoms with van der Waals surface area (Å²) < 4.78 is 2.06. The van der Waals surface area contributed by atoms with Gasteiger partial charge in [-0.25, -0.2) is 10.1 Å². The third-order valence-corrected chi connectivity index (χ3v) is 8.58. The number of nitrogens with two attached hydrogens (primary N) is 1. The molecule has 0 saturated heterocycles. The molecule has 2 unspecified atom stereocenters. The second-order valence-corrected chi connectivity index (χ2v) is 11.1. The van der Waals surface area contributed by atoms with Crippen LogP contribution in [0.25, 0.3) is 11.2 Å². The fourth-order valence-electron chi connectivity index (χ4n) is 6.63. The number of anilines is 1. The molecule has 4 heterocycles. The molecule has 1 aliphatic heterocycles. The molecule has 7 rings (SSSR count). The van der Waals surface area contributed by atoms with Crippen LogP contribution in [0.2, 0.25) is 0 Å². The van der Waals surface area contributed by atoms with E-state index in [1.165, 1.54) is 52.6 Å². The van der Waals surface area contributed by atoms with Crippen molar-refractivity contribution >= 4 is 17.0 Å². The number of aromatic amines is 1. The summed E-state index contributed by atoms with van der Waals surface area (Å²) >= 11 is 0. The molecule has 0 fully saturated rings. The Hall–Kier alpha value is -4.04. The summed E-state index contributed by atoms with van der Waals surface area (Å²) in [5.41, 5.74) is 17.1. The van der Waals surface area contributed by atoms with E-state index in [0.29, 0.717) is 17.4 Å². The lowest BCUT2D eigenvalue weighted by Gasteiger charge is -2.19. The average Bonchev–Trinajstić information content (AvgIpc) is 3.71. The minimum atomic E-state index is 0.114. The van der Waals surface area contributed by atoms with E-state index in [1.807, 2.05) is 12.3 Å². The molecule has 198 valence electrons. The number of aromatic nitrogens is 6. The molecule has 8 nitrogen and oxygen atoms in total. The summed E-state index contributed by atoms with van der Waals surface area (Å²) in [6, 6.07) is 17.7. The number of aryl methyl sites for hydroxylation is 1. The highest BCUT2D eigenvalue weighted by Gasteiger charge is 2.25. The number of nitrogens with one attached hydrogen (secondary N) is 2. The van der Waals surface area contributed by atoms with Crippen LogP contribution in [0.1, 0.15) is 76.5 Å². The fourth-order valence-corrected chi connectivity index (χ4v) is 6.63. The predicted octanol–water partition coefficient (Wildman–Crippen LogP) is 4.86. The number of H-pyrrole nitrogens is 1. The van der Waals surface area contributed by atoms with Crippen molar-refractivity contribution in [3.8, 4) is 0 Å². The second kappa shape index (κ2) is 10.3. The highest BCUT2D eigenvalue weighted by Crippen LogP contribution is 2.39. The number of nitrogens with zero attached hydrogens (tertiary/aromatic N) is 5. The molecular formula is C31H34N8. The van der Waals surface area contributed by atoms with E-state index in [4.69, 9.17) is 10.8 Å².